The zero-order chi connectivity index (χ0) is 15.6. The molecule has 0 aliphatic carbocycles. The predicted molar refractivity (Wildman–Crippen MR) is 82.6 cm³/mol. The minimum atomic E-state index is -3.78. The van der Waals surface area contributed by atoms with Crippen LogP contribution in [0, 0.1) is 10.1 Å². The first kappa shape index (κ1) is 15.7. The van der Waals surface area contributed by atoms with Crippen LogP contribution in [-0.2, 0) is 10.0 Å². The number of nitro groups is 1. The maximum Gasteiger partial charge on any atom is 0.273 e. The lowest BCUT2D eigenvalue weighted by Gasteiger charge is -2.22. The molecular weight excluding hydrogens is 336 g/mol. The first-order chi connectivity index (χ1) is 9.87. The number of nitrogens with zero attached hydrogens (tertiary/aromatic N) is 2. The van der Waals surface area contributed by atoms with Crippen LogP contribution >= 0.6 is 22.9 Å². The number of non-ortho nitro benzene ring substituents is 1. The molecule has 0 fully saturated rings. The Hall–Kier alpha value is -1.64. The molecule has 0 N–H and O–H groups in total. The average molecular weight is 347 g/mol. The molecule has 0 amide bonds. The summed E-state index contributed by atoms with van der Waals surface area (Å²) in [6, 6.07) is 6.82. The van der Waals surface area contributed by atoms with E-state index in [2.05, 4.69) is 0 Å². The van der Waals surface area contributed by atoms with Crippen molar-refractivity contribution in [3.8, 4) is 0 Å². The van der Waals surface area contributed by atoms with E-state index in [-0.39, 0.29) is 27.2 Å². The van der Waals surface area contributed by atoms with Crippen molar-refractivity contribution in [1.82, 2.24) is 0 Å². The Labute approximate surface area is 130 Å². The lowest BCUT2D eigenvalue weighted by molar-refractivity contribution is -0.384. The van der Waals surface area contributed by atoms with E-state index in [0.29, 0.717) is 0 Å². The van der Waals surface area contributed by atoms with E-state index < -0.39 is 14.9 Å². The number of anilines is 1. The van der Waals surface area contributed by atoms with Crippen LogP contribution in [0.5, 0.6) is 0 Å². The highest BCUT2D eigenvalue weighted by Crippen LogP contribution is 2.34. The van der Waals surface area contributed by atoms with E-state index in [1.54, 1.807) is 18.4 Å². The van der Waals surface area contributed by atoms with E-state index in [1.807, 2.05) is 0 Å². The number of benzene rings is 1. The fourth-order valence-corrected chi connectivity index (χ4v) is 4.65. The van der Waals surface area contributed by atoms with Gasteiger partial charge in [-0.25, -0.2) is 8.42 Å². The summed E-state index contributed by atoms with van der Waals surface area (Å²) in [6.45, 7) is 1.75. The van der Waals surface area contributed by atoms with Crippen molar-refractivity contribution in [3.05, 3.63) is 50.8 Å². The zero-order valence-electron chi connectivity index (χ0n) is 10.9. The van der Waals surface area contributed by atoms with Gasteiger partial charge >= 0.3 is 0 Å². The van der Waals surface area contributed by atoms with Crippen LogP contribution < -0.4 is 4.31 Å². The molecule has 0 radical (unpaired) electrons. The first-order valence-corrected chi connectivity index (χ1v) is 8.58. The molecule has 2 rings (SSSR count). The molecule has 0 unspecified atom stereocenters. The Morgan fingerprint density at radius 1 is 1.38 bits per heavy atom. The summed E-state index contributed by atoms with van der Waals surface area (Å²) >= 11 is 7.09. The van der Waals surface area contributed by atoms with Gasteiger partial charge in [0, 0.05) is 18.7 Å². The third kappa shape index (κ3) is 3.02. The Balaban J connectivity index is 2.57. The molecule has 0 aliphatic heterocycles. The van der Waals surface area contributed by atoms with E-state index in [0.717, 1.165) is 21.7 Å². The van der Waals surface area contributed by atoms with Crippen LogP contribution in [-0.4, -0.2) is 19.9 Å². The smallest absolute Gasteiger partial charge is 0.264 e. The van der Waals surface area contributed by atoms with Gasteiger partial charge in [-0.3, -0.25) is 14.4 Å². The highest BCUT2D eigenvalue weighted by Gasteiger charge is 2.27. The van der Waals surface area contributed by atoms with Crippen LogP contribution in [0.4, 0.5) is 11.4 Å². The molecule has 0 atom stereocenters. The molecule has 0 spiro atoms. The van der Waals surface area contributed by atoms with Crippen molar-refractivity contribution >= 4 is 44.3 Å². The molecule has 2 aromatic rings. The Morgan fingerprint density at radius 2 is 2.10 bits per heavy atom. The van der Waals surface area contributed by atoms with E-state index in [4.69, 9.17) is 11.6 Å². The quantitative estimate of drug-likeness (QED) is 0.612. The second-order valence-corrected chi connectivity index (χ2v) is 7.44. The number of rotatable bonds is 5. The van der Waals surface area contributed by atoms with Crippen LogP contribution in [0.3, 0.4) is 0 Å². The number of sulfonamides is 1. The zero-order valence-corrected chi connectivity index (χ0v) is 13.3. The minimum absolute atomic E-state index is 0.0989. The number of hydrogen-bond acceptors (Lipinski definition) is 5. The highest BCUT2D eigenvalue weighted by atomic mass is 35.5. The second-order valence-electron chi connectivity index (χ2n) is 3.99. The van der Waals surface area contributed by atoms with Gasteiger partial charge in [0.1, 0.15) is 4.21 Å². The molecule has 1 heterocycles. The fourth-order valence-electron chi connectivity index (χ4n) is 1.79. The van der Waals surface area contributed by atoms with Crippen LogP contribution in [0.2, 0.25) is 5.02 Å². The van der Waals surface area contributed by atoms with Gasteiger partial charge in [-0.05, 0) is 24.4 Å². The molecule has 6 nitrogen and oxygen atoms in total. The maximum absolute atomic E-state index is 12.6. The van der Waals surface area contributed by atoms with Crippen LogP contribution in [0.25, 0.3) is 0 Å². The lowest BCUT2D eigenvalue weighted by atomic mass is 10.3. The van der Waals surface area contributed by atoms with Gasteiger partial charge in [-0.1, -0.05) is 17.7 Å². The van der Waals surface area contributed by atoms with Crippen molar-refractivity contribution < 1.29 is 13.3 Å². The van der Waals surface area contributed by atoms with E-state index in [9.17, 15) is 18.5 Å². The maximum atomic E-state index is 12.6. The average Bonchev–Trinajstić information content (AvgIpc) is 2.95. The van der Waals surface area contributed by atoms with Crippen LogP contribution in [0.1, 0.15) is 6.92 Å². The highest BCUT2D eigenvalue weighted by molar-refractivity contribution is 7.94. The van der Waals surface area contributed by atoms with Crippen molar-refractivity contribution in [1.29, 1.82) is 0 Å². The molecule has 21 heavy (non-hydrogen) atoms. The van der Waals surface area contributed by atoms with Crippen molar-refractivity contribution in [3.63, 3.8) is 0 Å². The Kier molecular flexibility index (Phi) is 4.50. The monoisotopic (exact) mass is 346 g/mol. The van der Waals surface area contributed by atoms with Gasteiger partial charge in [-0.15, -0.1) is 11.3 Å². The minimum Gasteiger partial charge on any atom is -0.264 e. The normalized spacial score (nSPS) is 11.3. The van der Waals surface area contributed by atoms with Gasteiger partial charge in [-0.2, -0.15) is 0 Å². The summed E-state index contributed by atoms with van der Waals surface area (Å²) < 4.78 is 26.4. The largest absolute Gasteiger partial charge is 0.273 e. The van der Waals surface area contributed by atoms with E-state index in [1.165, 1.54) is 18.2 Å². The topological polar surface area (TPSA) is 80.5 Å². The number of thiophene rings is 1. The van der Waals surface area contributed by atoms with Crippen molar-refractivity contribution in [2.24, 2.45) is 0 Å². The van der Waals surface area contributed by atoms with Crippen molar-refractivity contribution in [2.75, 3.05) is 10.8 Å². The summed E-state index contributed by atoms with van der Waals surface area (Å²) in [5.74, 6) is 0. The van der Waals surface area contributed by atoms with Gasteiger partial charge in [0.2, 0.25) is 0 Å². The molecule has 0 saturated carbocycles. The third-order valence-corrected chi connectivity index (χ3v) is 6.32. The van der Waals surface area contributed by atoms with E-state index >= 15 is 0 Å². The summed E-state index contributed by atoms with van der Waals surface area (Å²) in [7, 11) is -3.78. The Bertz CT molecular complexity index is 760. The van der Waals surface area contributed by atoms with Gasteiger partial charge in [0.05, 0.1) is 15.6 Å². The van der Waals surface area contributed by atoms with Crippen LogP contribution in [0.15, 0.2) is 39.9 Å². The molecule has 0 saturated heterocycles. The standard InChI is InChI=1S/C12H11ClN2O4S2/c1-2-14(21(18,19)12-4-3-7-20-12)11-8-9(15(16)17)5-6-10(11)13/h3-8H,2H2,1H3. The summed E-state index contributed by atoms with van der Waals surface area (Å²) in [4.78, 5) is 10.3. The van der Waals surface area contributed by atoms with Gasteiger partial charge in [0.15, 0.2) is 0 Å². The third-order valence-electron chi connectivity index (χ3n) is 2.74. The summed E-state index contributed by atoms with van der Waals surface area (Å²) in [5.41, 5.74) is -0.115. The SMILES string of the molecule is CCN(c1cc([N+](=O)[O-])ccc1Cl)S(=O)(=O)c1cccs1. The summed E-state index contributed by atoms with van der Waals surface area (Å²) in [6.07, 6.45) is 0. The van der Waals surface area contributed by atoms with Gasteiger partial charge < -0.3 is 0 Å². The molecular formula is C12H11ClN2O4S2. The second kappa shape index (κ2) is 6.00. The fraction of sp³-hybridized carbons (Fsp3) is 0.167. The molecule has 112 valence electrons. The predicted octanol–water partition coefficient (Wildman–Crippen LogP) is 3.52. The first-order valence-electron chi connectivity index (χ1n) is 5.88. The number of nitro benzene ring substituents is 1. The number of hydrogen-bond donors (Lipinski definition) is 0. The lowest BCUT2D eigenvalue weighted by Crippen LogP contribution is -2.30. The molecule has 0 aliphatic rings. The molecule has 1 aromatic heterocycles. The summed E-state index contributed by atoms with van der Waals surface area (Å²) in [5, 5.41) is 12.6. The molecule has 0 bridgehead atoms. The number of halogens is 1. The van der Waals surface area contributed by atoms with Gasteiger partial charge in [0.25, 0.3) is 15.7 Å². The van der Waals surface area contributed by atoms with Crippen molar-refractivity contribution in [2.45, 2.75) is 11.1 Å². The molecule has 9 heteroatoms. The molecule has 1 aromatic carbocycles. The Morgan fingerprint density at radius 3 is 2.62 bits per heavy atom.